The molecule has 3 heteroatoms. The molecule has 1 fully saturated rings. The molecule has 1 aliphatic heterocycles. The molecule has 1 aromatic carbocycles. The van der Waals surface area contributed by atoms with Gasteiger partial charge in [0.25, 0.3) is 0 Å². The Bertz CT molecular complexity index is 445. The number of hydrogen-bond donors (Lipinski definition) is 1. The lowest BCUT2D eigenvalue weighted by molar-refractivity contribution is 0.198. The lowest BCUT2D eigenvalue weighted by Crippen LogP contribution is -2.24. The van der Waals surface area contributed by atoms with Crippen LogP contribution >= 0.6 is 0 Å². The fourth-order valence-electron chi connectivity index (χ4n) is 3.21. The molecule has 1 saturated heterocycles. The fourth-order valence-corrected chi connectivity index (χ4v) is 3.21. The van der Waals surface area contributed by atoms with Gasteiger partial charge in [0.2, 0.25) is 0 Å². The van der Waals surface area contributed by atoms with E-state index in [2.05, 4.69) is 17.9 Å². The van der Waals surface area contributed by atoms with E-state index in [9.17, 15) is 5.11 Å². The molecular formula is C18H29NO2. The van der Waals surface area contributed by atoms with E-state index < -0.39 is 6.10 Å². The second-order valence-electron chi connectivity index (χ2n) is 6.23. The summed E-state index contributed by atoms with van der Waals surface area (Å²) in [4.78, 5) is 2.53. The summed E-state index contributed by atoms with van der Waals surface area (Å²) in [6.45, 7) is 7.36. The van der Waals surface area contributed by atoms with Gasteiger partial charge in [0, 0.05) is 12.1 Å². The summed E-state index contributed by atoms with van der Waals surface area (Å²) < 4.78 is 5.49. The topological polar surface area (TPSA) is 32.7 Å². The second kappa shape index (κ2) is 7.81. The van der Waals surface area contributed by atoms with Crippen molar-refractivity contribution in [2.24, 2.45) is 5.92 Å². The molecule has 118 valence electrons. The number of methoxy groups -OCH3 is 1. The molecule has 0 bridgehead atoms. The van der Waals surface area contributed by atoms with Crippen LogP contribution in [0.25, 0.3) is 0 Å². The van der Waals surface area contributed by atoms with Crippen molar-refractivity contribution in [2.45, 2.75) is 52.2 Å². The molecule has 2 atom stereocenters. The van der Waals surface area contributed by atoms with E-state index in [0.29, 0.717) is 0 Å². The van der Waals surface area contributed by atoms with Gasteiger partial charge in [-0.1, -0.05) is 19.4 Å². The molecular weight excluding hydrogens is 262 g/mol. The van der Waals surface area contributed by atoms with Crippen LogP contribution in [-0.2, 0) is 6.54 Å². The Morgan fingerprint density at radius 1 is 1.33 bits per heavy atom. The number of rotatable bonds is 5. The molecule has 1 heterocycles. The Balaban J connectivity index is 2.08. The normalized spacial score (nSPS) is 21.8. The largest absolute Gasteiger partial charge is 0.496 e. The number of ether oxygens (including phenoxy) is 1. The van der Waals surface area contributed by atoms with E-state index in [0.717, 1.165) is 23.8 Å². The highest BCUT2D eigenvalue weighted by Crippen LogP contribution is 2.27. The van der Waals surface area contributed by atoms with Gasteiger partial charge in [-0.3, -0.25) is 4.90 Å². The highest BCUT2D eigenvalue weighted by atomic mass is 16.5. The summed E-state index contributed by atoms with van der Waals surface area (Å²) in [6, 6.07) is 6.01. The maximum atomic E-state index is 9.77. The zero-order valence-corrected chi connectivity index (χ0v) is 13.6. The van der Waals surface area contributed by atoms with Gasteiger partial charge in [-0.15, -0.1) is 0 Å². The molecule has 0 saturated carbocycles. The summed E-state index contributed by atoms with van der Waals surface area (Å²) in [5, 5.41) is 9.77. The number of likely N-dealkylation sites (tertiary alicyclic amines) is 1. The Hall–Kier alpha value is -1.06. The van der Waals surface area contributed by atoms with Gasteiger partial charge in [0.15, 0.2) is 0 Å². The minimum absolute atomic E-state index is 0.428. The van der Waals surface area contributed by atoms with E-state index in [-0.39, 0.29) is 0 Å². The van der Waals surface area contributed by atoms with Crippen LogP contribution in [0.5, 0.6) is 5.75 Å². The summed E-state index contributed by atoms with van der Waals surface area (Å²) in [7, 11) is 1.72. The number of hydrogen-bond acceptors (Lipinski definition) is 3. The fraction of sp³-hybridized carbons (Fsp3) is 0.667. The Kier molecular flexibility index (Phi) is 6.07. The van der Waals surface area contributed by atoms with Crippen molar-refractivity contribution in [1.82, 2.24) is 4.90 Å². The first-order valence-electron chi connectivity index (χ1n) is 8.21. The van der Waals surface area contributed by atoms with Gasteiger partial charge in [0.05, 0.1) is 13.2 Å². The summed E-state index contributed by atoms with van der Waals surface area (Å²) in [5.41, 5.74) is 2.15. The van der Waals surface area contributed by atoms with Crippen LogP contribution in [0, 0.1) is 5.92 Å². The van der Waals surface area contributed by atoms with Crippen molar-refractivity contribution in [3.8, 4) is 5.75 Å². The average molecular weight is 291 g/mol. The third kappa shape index (κ3) is 4.45. The molecule has 1 aliphatic rings. The van der Waals surface area contributed by atoms with Crippen LogP contribution in [0.4, 0.5) is 0 Å². The molecule has 0 aromatic heterocycles. The number of aliphatic hydroxyl groups is 1. The predicted octanol–water partition coefficient (Wildman–Crippen LogP) is 3.76. The van der Waals surface area contributed by atoms with Crippen LogP contribution < -0.4 is 4.74 Å². The predicted molar refractivity (Wildman–Crippen MR) is 86.5 cm³/mol. The zero-order chi connectivity index (χ0) is 15.2. The minimum Gasteiger partial charge on any atom is -0.496 e. The summed E-state index contributed by atoms with van der Waals surface area (Å²) in [6.07, 6.45) is 4.82. The van der Waals surface area contributed by atoms with Crippen molar-refractivity contribution in [2.75, 3.05) is 20.2 Å². The van der Waals surface area contributed by atoms with Crippen LogP contribution in [-0.4, -0.2) is 30.2 Å². The van der Waals surface area contributed by atoms with E-state index in [1.807, 2.05) is 19.1 Å². The van der Waals surface area contributed by atoms with Gasteiger partial charge >= 0.3 is 0 Å². The molecule has 2 rings (SSSR count). The second-order valence-corrected chi connectivity index (χ2v) is 6.23. The van der Waals surface area contributed by atoms with Gasteiger partial charge in [-0.05, 0) is 62.9 Å². The van der Waals surface area contributed by atoms with Crippen molar-refractivity contribution >= 4 is 0 Å². The highest BCUT2D eigenvalue weighted by molar-refractivity contribution is 5.38. The minimum atomic E-state index is -0.428. The monoisotopic (exact) mass is 291 g/mol. The SMILES string of the molecule is CCC1CCCN(Cc2cc(C(C)O)ccc2OC)CC1. The standard InChI is InChI=1S/C18H29NO2/c1-4-15-6-5-10-19(11-9-15)13-17-12-16(14(2)20)7-8-18(17)21-3/h7-8,12,14-15,20H,4-6,9-11,13H2,1-3H3. The Morgan fingerprint density at radius 2 is 2.14 bits per heavy atom. The smallest absolute Gasteiger partial charge is 0.123 e. The Morgan fingerprint density at radius 3 is 2.81 bits per heavy atom. The maximum absolute atomic E-state index is 9.77. The molecule has 2 unspecified atom stereocenters. The van der Waals surface area contributed by atoms with Crippen molar-refractivity contribution in [3.05, 3.63) is 29.3 Å². The maximum Gasteiger partial charge on any atom is 0.123 e. The first-order valence-corrected chi connectivity index (χ1v) is 8.21. The third-order valence-electron chi connectivity index (χ3n) is 4.70. The molecule has 0 spiro atoms. The van der Waals surface area contributed by atoms with E-state index >= 15 is 0 Å². The number of nitrogens with zero attached hydrogens (tertiary/aromatic N) is 1. The Labute approximate surface area is 128 Å². The molecule has 3 nitrogen and oxygen atoms in total. The van der Waals surface area contributed by atoms with Crippen LogP contribution in [0.3, 0.4) is 0 Å². The van der Waals surface area contributed by atoms with E-state index in [1.54, 1.807) is 7.11 Å². The quantitative estimate of drug-likeness (QED) is 0.896. The molecule has 1 N–H and O–H groups in total. The number of aliphatic hydroxyl groups excluding tert-OH is 1. The first-order chi connectivity index (χ1) is 10.1. The van der Waals surface area contributed by atoms with Crippen molar-refractivity contribution in [3.63, 3.8) is 0 Å². The molecule has 0 amide bonds. The van der Waals surface area contributed by atoms with Gasteiger partial charge in [-0.25, -0.2) is 0 Å². The summed E-state index contributed by atoms with van der Waals surface area (Å²) in [5.74, 6) is 1.82. The summed E-state index contributed by atoms with van der Waals surface area (Å²) >= 11 is 0. The first kappa shape index (κ1) is 16.3. The van der Waals surface area contributed by atoms with E-state index in [1.165, 1.54) is 44.3 Å². The third-order valence-corrected chi connectivity index (χ3v) is 4.70. The molecule has 21 heavy (non-hydrogen) atoms. The molecule has 0 radical (unpaired) electrons. The molecule has 0 aliphatic carbocycles. The van der Waals surface area contributed by atoms with Crippen LogP contribution in [0.2, 0.25) is 0 Å². The zero-order valence-electron chi connectivity index (χ0n) is 13.6. The van der Waals surface area contributed by atoms with Gasteiger partial charge < -0.3 is 9.84 Å². The van der Waals surface area contributed by atoms with E-state index in [4.69, 9.17) is 4.74 Å². The van der Waals surface area contributed by atoms with Gasteiger partial charge in [-0.2, -0.15) is 0 Å². The van der Waals surface area contributed by atoms with Crippen molar-refractivity contribution in [1.29, 1.82) is 0 Å². The van der Waals surface area contributed by atoms with Crippen molar-refractivity contribution < 1.29 is 9.84 Å². The van der Waals surface area contributed by atoms with Crippen LogP contribution in [0.15, 0.2) is 18.2 Å². The lowest BCUT2D eigenvalue weighted by Gasteiger charge is -2.22. The van der Waals surface area contributed by atoms with Crippen LogP contribution in [0.1, 0.15) is 56.8 Å². The number of benzene rings is 1. The highest BCUT2D eigenvalue weighted by Gasteiger charge is 2.17. The molecule has 1 aromatic rings. The van der Waals surface area contributed by atoms with Gasteiger partial charge in [0.1, 0.15) is 5.75 Å². The average Bonchev–Trinajstić information content (AvgIpc) is 2.72. The lowest BCUT2D eigenvalue weighted by atomic mass is 9.98.